The van der Waals surface area contributed by atoms with Crippen LogP contribution in [-0.4, -0.2) is 58.6 Å². The standard InChI is InChI=1S/C49H40N4O6/c1-56-30-11-5-27(6-12-30)43-36-19-20-37(50-36)44(28-7-13-31(57-2)14-8-28)39-23-24-41(52-39)46-34-18-17-33(59-4)25-35(34)48(54)49(55)26-42(53-47(46)49)45(40-22-21-38(43)51-40)29-9-15-32(58-3)16-10-29/h5-25,48,50-51,54-55H,26H2,1-4H3. The Kier molecular flexibility index (Phi) is 8.63. The van der Waals surface area contributed by atoms with Gasteiger partial charge in [0.15, 0.2) is 0 Å². The van der Waals surface area contributed by atoms with Crippen molar-refractivity contribution in [3.8, 4) is 67.5 Å². The molecule has 0 radical (unpaired) electrons. The molecule has 0 spiro atoms. The Morgan fingerprint density at radius 2 is 0.966 bits per heavy atom. The molecule has 8 bridgehead atoms. The number of ether oxygens (including phenoxy) is 4. The lowest BCUT2D eigenvalue weighted by Crippen LogP contribution is -2.36. The van der Waals surface area contributed by atoms with Gasteiger partial charge in [-0.1, -0.05) is 42.5 Å². The zero-order chi connectivity index (χ0) is 40.4. The van der Waals surface area contributed by atoms with E-state index in [-0.39, 0.29) is 6.42 Å². The number of nitrogens with one attached hydrogen (secondary N) is 2. The van der Waals surface area contributed by atoms with Crippen molar-refractivity contribution in [3.63, 3.8) is 0 Å². The van der Waals surface area contributed by atoms with Crippen LogP contribution in [-0.2, 0) is 12.0 Å². The minimum atomic E-state index is -1.79. The first-order chi connectivity index (χ1) is 28.8. The highest BCUT2D eigenvalue weighted by atomic mass is 16.5. The molecule has 0 amide bonds. The first-order valence-electron chi connectivity index (χ1n) is 19.3. The summed E-state index contributed by atoms with van der Waals surface area (Å²) < 4.78 is 22.2. The van der Waals surface area contributed by atoms with Crippen LogP contribution in [0.1, 0.15) is 34.4 Å². The molecule has 3 aromatic heterocycles. The fraction of sp³-hybridized carbons (Fsp3) is 0.143. The molecule has 3 aliphatic rings. The Morgan fingerprint density at radius 1 is 0.525 bits per heavy atom. The lowest BCUT2D eigenvalue weighted by molar-refractivity contribution is -0.0810. The van der Waals surface area contributed by atoms with Gasteiger partial charge in [0.25, 0.3) is 0 Å². The second-order valence-electron chi connectivity index (χ2n) is 14.8. The van der Waals surface area contributed by atoms with E-state index in [9.17, 15) is 10.2 Å². The maximum atomic E-state index is 12.9. The molecule has 0 saturated carbocycles. The number of benzene rings is 4. The van der Waals surface area contributed by atoms with Gasteiger partial charge in [-0.05, 0) is 113 Å². The second kappa shape index (κ2) is 14.1. The third kappa shape index (κ3) is 5.87. The summed E-state index contributed by atoms with van der Waals surface area (Å²) in [6.07, 6.45) is 2.68. The lowest BCUT2D eigenvalue weighted by Gasteiger charge is -2.35. The third-order valence-electron chi connectivity index (χ3n) is 11.6. The predicted octanol–water partition coefficient (Wildman–Crippen LogP) is 9.66. The van der Waals surface area contributed by atoms with Gasteiger partial charge in [0.2, 0.25) is 0 Å². The second-order valence-corrected chi connectivity index (χ2v) is 14.8. The van der Waals surface area contributed by atoms with Gasteiger partial charge < -0.3 is 39.1 Å². The molecule has 292 valence electrons. The zero-order valence-electron chi connectivity index (χ0n) is 32.8. The maximum absolute atomic E-state index is 12.9. The maximum Gasteiger partial charge on any atom is 0.143 e. The number of hydrogen-bond donors (Lipinski definition) is 4. The first kappa shape index (κ1) is 36.2. The summed E-state index contributed by atoms with van der Waals surface area (Å²) in [5.41, 5.74) is 11.1. The van der Waals surface area contributed by atoms with Gasteiger partial charge in [0.1, 0.15) is 34.7 Å². The summed E-state index contributed by atoms with van der Waals surface area (Å²) in [5.74, 6) is 2.76. The fourth-order valence-corrected chi connectivity index (χ4v) is 8.68. The van der Waals surface area contributed by atoms with Crippen molar-refractivity contribution >= 4 is 34.2 Å². The van der Waals surface area contributed by atoms with E-state index in [0.29, 0.717) is 51.0 Å². The largest absolute Gasteiger partial charge is 0.497 e. The molecule has 5 heterocycles. The summed E-state index contributed by atoms with van der Waals surface area (Å²) in [7, 11) is 6.53. The van der Waals surface area contributed by atoms with Gasteiger partial charge in [-0.15, -0.1) is 0 Å². The molecule has 59 heavy (non-hydrogen) atoms. The minimum Gasteiger partial charge on any atom is -0.497 e. The molecule has 10 rings (SSSR count). The molecule has 10 heteroatoms. The van der Waals surface area contributed by atoms with Crippen molar-refractivity contribution in [3.05, 3.63) is 144 Å². The van der Waals surface area contributed by atoms with Crippen molar-refractivity contribution < 1.29 is 29.2 Å². The van der Waals surface area contributed by atoms with E-state index in [2.05, 4.69) is 28.2 Å². The summed E-state index contributed by atoms with van der Waals surface area (Å²) in [6.45, 7) is 0. The molecule has 2 aliphatic heterocycles. The van der Waals surface area contributed by atoms with E-state index in [1.54, 1.807) is 34.5 Å². The average molecular weight is 781 g/mol. The average Bonchev–Trinajstić information content (AvgIpc) is 4.11. The molecule has 1 aliphatic carbocycles. The van der Waals surface area contributed by atoms with Crippen molar-refractivity contribution in [1.82, 2.24) is 19.9 Å². The van der Waals surface area contributed by atoms with Gasteiger partial charge in [-0.3, -0.25) is 4.98 Å². The van der Waals surface area contributed by atoms with Crippen LogP contribution < -0.4 is 18.9 Å². The Hall–Kier alpha value is -7.14. The van der Waals surface area contributed by atoms with Gasteiger partial charge in [-0.25, -0.2) is 4.98 Å². The van der Waals surface area contributed by atoms with Crippen LogP contribution in [0.5, 0.6) is 23.0 Å². The SMILES string of the molecule is COc1ccc(-c2c3nc(c4c5nc(c(-c6ccc(OC)cc6)c6ccc([nH]6)c(-c6ccc(OC)cc6)c6ccc2[nH]6)CC5(O)C(O)c2cc(OC)ccc2-4)C=C3)cc1. The lowest BCUT2D eigenvalue weighted by atomic mass is 9.75. The quantitative estimate of drug-likeness (QED) is 0.126. The fourth-order valence-electron chi connectivity index (χ4n) is 8.68. The normalized spacial score (nSPS) is 16.4. The number of aromatic amines is 2. The number of methoxy groups -OCH3 is 4. The highest BCUT2D eigenvalue weighted by molar-refractivity contribution is 5.99. The van der Waals surface area contributed by atoms with Crippen LogP contribution in [0, 0.1) is 0 Å². The van der Waals surface area contributed by atoms with Crippen molar-refractivity contribution in [1.29, 1.82) is 0 Å². The van der Waals surface area contributed by atoms with Crippen LogP contribution in [0.4, 0.5) is 0 Å². The number of aliphatic hydroxyl groups excluding tert-OH is 1. The number of nitrogens with zero attached hydrogens (tertiary/aromatic N) is 2. The number of hydrogen-bond acceptors (Lipinski definition) is 8. The molecule has 4 N–H and O–H groups in total. The molecule has 4 aromatic carbocycles. The predicted molar refractivity (Wildman–Crippen MR) is 230 cm³/mol. The smallest absolute Gasteiger partial charge is 0.143 e. The number of aromatic nitrogens is 4. The molecular formula is C49H40N4O6. The van der Waals surface area contributed by atoms with Gasteiger partial charge >= 0.3 is 0 Å². The van der Waals surface area contributed by atoms with E-state index in [0.717, 1.165) is 66.9 Å². The van der Waals surface area contributed by atoms with E-state index in [1.165, 1.54) is 0 Å². The summed E-state index contributed by atoms with van der Waals surface area (Å²) in [6, 6.07) is 37.5. The number of rotatable bonds is 7. The summed E-state index contributed by atoms with van der Waals surface area (Å²) >= 11 is 0. The van der Waals surface area contributed by atoms with Crippen molar-refractivity contribution in [2.24, 2.45) is 0 Å². The van der Waals surface area contributed by atoms with Gasteiger partial charge in [0, 0.05) is 50.7 Å². The highest BCUT2D eigenvalue weighted by Gasteiger charge is 2.50. The molecule has 7 aromatic rings. The Bertz CT molecular complexity index is 2990. The van der Waals surface area contributed by atoms with Crippen LogP contribution >= 0.6 is 0 Å². The number of fused-ring (bicyclic) bond motifs is 10. The molecule has 10 nitrogen and oxygen atoms in total. The van der Waals surface area contributed by atoms with Crippen LogP contribution in [0.25, 0.3) is 78.7 Å². The number of H-pyrrole nitrogens is 2. The van der Waals surface area contributed by atoms with Crippen LogP contribution in [0.2, 0.25) is 0 Å². The summed E-state index contributed by atoms with van der Waals surface area (Å²) in [4.78, 5) is 18.2. The summed E-state index contributed by atoms with van der Waals surface area (Å²) in [5, 5.41) is 25.1. The molecule has 0 saturated heterocycles. The highest BCUT2D eigenvalue weighted by Crippen LogP contribution is 2.53. The van der Waals surface area contributed by atoms with Gasteiger partial charge in [-0.2, -0.15) is 0 Å². The van der Waals surface area contributed by atoms with Crippen molar-refractivity contribution in [2.45, 2.75) is 18.1 Å². The monoisotopic (exact) mass is 780 g/mol. The van der Waals surface area contributed by atoms with Gasteiger partial charge in [0.05, 0.1) is 51.2 Å². The third-order valence-corrected chi connectivity index (χ3v) is 11.6. The molecule has 0 fully saturated rings. The number of aliphatic hydroxyl groups is 2. The van der Waals surface area contributed by atoms with E-state index in [4.69, 9.17) is 28.9 Å². The van der Waals surface area contributed by atoms with Crippen molar-refractivity contribution in [2.75, 3.05) is 28.4 Å². The van der Waals surface area contributed by atoms with Crippen LogP contribution in [0.3, 0.4) is 0 Å². The topological polar surface area (TPSA) is 135 Å². The molecule has 2 unspecified atom stereocenters. The molecule has 2 atom stereocenters. The van der Waals surface area contributed by atoms with E-state index < -0.39 is 11.7 Å². The molecular weight excluding hydrogens is 741 g/mol. The van der Waals surface area contributed by atoms with E-state index in [1.807, 2.05) is 103 Å². The van der Waals surface area contributed by atoms with E-state index >= 15 is 0 Å². The van der Waals surface area contributed by atoms with Crippen LogP contribution in [0.15, 0.2) is 115 Å². The Balaban J connectivity index is 1.39. The Labute approximate surface area is 340 Å². The first-order valence-corrected chi connectivity index (χ1v) is 19.3. The minimum absolute atomic E-state index is 0.0325. The Morgan fingerprint density at radius 3 is 1.49 bits per heavy atom. The zero-order valence-corrected chi connectivity index (χ0v) is 32.8.